The Kier molecular flexibility index (Phi) is 7.30. The number of sulfonamides is 1. The molecule has 8 nitrogen and oxygen atoms in total. The molecule has 1 aromatic heterocycles. The summed E-state index contributed by atoms with van der Waals surface area (Å²) < 4.78 is 65.1. The van der Waals surface area contributed by atoms with E-state index in [1.165, 1.54) is 12.1 Å². The zero-order valence-electron chi connectivity index (χ0n) is 19.5. The Bertz CT molecular complexity index is 1370. The highest BCUT2D eigenvalue weighted by molar-refractivity contribution is 7.89. The number of fused-ring (bicyclic) bond motifs is 1. The number of halogens is 3. The molecule has 4 rings (SSSR count). The van der Waals surface area contributed by atoms with Gasteiger partial charge in [0.25, 0.3) is 0 Å². The first-order chi connectivity index (χ1) is 16.9. The summed E-state index contributed by atoms with van der Waals surface area (Å²) in [5.41, 5.74) is 4.31. The van der Waals surface area contributed by atoms with Crippen LogP contribution in [0, 0.1) is 6.92 Å². The molecular formula is C24H27F3N4O4S. The Balaban J connectivity index is 1.58. The van der Waals surface area contributed by atoms with E-state index in [4.69, 9.17) is 5.11 Å². The van der Waals surface area contributed by atoms with Crippen LogP contribution in [0.5, 0.6) is 0 Å². The van der Waals surface area contributed by atoms with Gasteiger partial charge in [-0.2, -0.15) is 13.2 Å². The van der Waals surface area contributed by atoms with E-state index in [9.17, 15) is 26.4 Å². The van der Waals surface area contributed by atoms with E-state index >= 15 is 0 Å². The van der Waals surface area contributed by atoms with Gasteiger partial charge in [0.05, 0.1) is 18.0 Å². The topological polar surface area (TPSA) is 115 Å². The van der Waals surface area contributed by atoms with Crippen molar-refractivity contribution in [3.8, 4) is 11.3 Å². The molecule has 1 saturated heterocycles. The van der Waals surface area contributed by atoms with Gasteiger partial charge in [-0.3, -0.25) is 4.79 Å². The lowest BCUT2D eigenvalue weighted by molar-refractivity contribution is -0.201. The highest BCUT2D eigenvalue weighted by Gasteiger charge is 2.38. The van der Waals surface area contributed by atoms with Crippen molar-refractivity contribution >= 4 is 32.5 Å². The highest BCUT2D eigenvalue weighted by atomic mass is 32.2. The van der Waals surface area contributed by atoms with Crippen molar-refractivity contribution in [3.05, 3.63) is 48.0 Å². The zero-order chi connectivity index (χ0) is 26.1. The van der Waals surface area contributed by atoms with Crippen molar-refractivity contribution < 1.29 is 31.5 Å². The normalized spacial score (nSPS) is 15.4. The summed E-state index contributed by atoms with van der Waals surface area (Å²) in [6.45, 7) is 1.84. The maximum absolute atomic E-state index is 12.9. The Labute approximate surface area is 206 Å². The summed E-state index contributed by atoms with van der Waals surface area (Å²) in [6.07, 6.45) is -5.56. The minimum atomic E-state index is -4.89. The lowest BCUT2D eigenvalue weighted by Crippen LogP contribution is -2.44. The first kappa shape index (κ1) is 26.0. The number of aryl methyl sites for hydroxylation is 1. The molecule has 36 heavy (non-hydrogen) atoms. The molecule has 1 aliphatic rings. The molecule has 0 spiro atoms. The molecule has 12 heteroatoms. The van der Waals surface area contributed by atoms with Crippen molar-refractivity contribution in [2.24, 2.45) is 0 Å². The second kappa shape index (κ2) is 10.1. The summed E-state index contributed by atoms with van der Waals surface area (Å²) in [5.74, 6) is -0.998. The highest BCUT2D eigenvalue weighted by Crippen LogP contribution is 2.36. The number of aliphatic hydroxyl groups excluding tert-OH is 1. The molecule has 1 fully saturated rings. The van der Waals surface area contributed by atoms with Gasteiger partial charge < -0.3 is 20.3 Å². The van der Waals surface area contributed by atoms with Gasteiger partial charge in [-0.15, -0.1) is 0 Å². The number of hydrogen-bond donors (Lipinski definition) is 4. The molecule has 2 heterocycles. The minimum absolute atomic E-state index is 0.0848. The number of rotatable bonds is 8. The molecule has 0 bridgehead atoms. The van der Waals surface area contributed by atoms with Crippen LogP contribution in [0.2, 0.25) is 0 Å². The molecule has 4 N–H and O–H groups in total. The average Bonchev–Trinajstić information content (AvgIpc) is 3.50. The van der Waals surface area contributed by atoms with E-state index in [1.807, 2.05) is 36.5 Å². The van der Waals surface area contributed by atoms with Crippen LogP contribution in [0.15, 0.2) is 47.4 Å². The number of nitrogens with zero attached hydrogens (tertiary/aromatic N) is 1. The predicted molar refractivity (Wildman–Crippen MR) is 130 cm³/mol. The SMILES string of the molecule is Cc1ccc2[nH]c(-c3cc(S(=O)(=O)NCC(=O)NC[C@H](O)C(F)(F)F)ccc3N3CCCC3)cc2c1. The third-order valence-electron chi connectivity index (χ3n) is 6.08. The number of aromatic amines is 1. The number of alkyl halides is 3. The Morgan fingerprint density at radius 3 is 2.56 bits per heavy atom. The van der Waals surface area contributed by atoms with Crippen LogP contribution in [-0.2, 0) is 14.8 Å². The van der Waals surface area contributed by atoms with Crippen molar-refractivity contribution in [1.82, 2.24) is 15.0 Å². The average molecular weight is 525 g/mol. The Morgan fingerprint density at radius 1 is 1.14 bits per heavy atom. The lowest BCUT2D eigenvalue weighted by atomic mass is 10.1. The predicted octanol–water partition coefficient (Wildman–Crippen LogP) is 3.06. The molecule has 194 valence electrons. The monoisotopic (exact) mass is 524 g/mol. The minimum Gasteiger partial charge on any atom is -0.382 e. The molecule has 1 aliphatic heterocycles. The number of amides is 1. The van der Waals surface area contributed by atoms with E-state index in [0.29, 0.717) is 5.56 Å². The fourth-order valence-electron chi connectivity index (χ4n) is 4.16. The lowest BCUT2D eigenvalue weighted by Gasteiger charge is -2.22. The van der Waals surface area contributed by atoms with Gasteiger partial charge in [0.15, 0.2) is 6.10 Å². The first-order valence-electron chi connectivity index (χ1n) is 11.4. The summed E-state index contributed by atoms with van der Waals surface area (Å²) in [4.78, 5) is 17.3. The van der Waals surface area contributed by atoms with E-state index < -0.39 is 41.3 Å². The van der Waals surface area contributed by atoms with Crippen molar-refractivity contribution in [2.75, 3.05) is 31.1 Å². The number of carbonyl (C=O) groups is 1. The molecule has 0 radical (unpaired) electrons. The van der Waals surface area contributed by atoms with Gasteiger partial charge >= 0.3 is 6.18 Å². The fourth-order valence-corrected chi connectivity index (χ4v) is 5.17. The van der Waals surface area contributed by atoms with Crippen LogP contribution in [0.1, 0.15) is 18.4 Å². The van der Waals surface area contributed by atoms with Gasteiger partial charge in [-0.1, -0.05) is 11.6 Å². The molecule has 0 aliphatic carbocycles. The number of hydrogen-bond acceptors (Lipinski definition) is 5. The number of nitrogens with one attached hydrogen (secondary N) is 3. The largest absolute Gasteiger partial charge is 0.416 e. The number of H-pyrrole nitrogens is 1. The number of carbonyl (C=O) groups excluding carboxylic acids is 1. The maximum atomic E-state index is 12.9. The van der Waals surface area contributed by atoms with E-state index in [-0.39, 0.29) is 4.90 Å². The molecule has 2 aromatic carbocycles. The second-order valence-electron chi connectivity index (χ2n) is 8.83. The van der Waals surface area contributed by atoms with Gasteiger partial charge in [-0.25, -0.2) is 13.1 Å². The summed E-state index contributed by atoms with van der Waals surface area (Å²) >= 11 is 0. The summed E-state index contributed by atoms with van der Waals surface area (Å²) in [6, 6.07) is 12.6. The molecule has 1 amide bonds. The molecule has 1 atom stereocenters. The number of anilines is 1. The molecule has 0 saturated carbocycles. The molecule has 0 unspecified atom stereocenters. The van der Waals surface area contributed by atoms with Crippen LogP contribution in [0.25, 0.3) is 22.2 Å². The van der Waals surface area contributed by atoms with Crippen LogP contribution in [0.3, 0.4) is 0 Å². The zero-order valence-corrected chi connectivity index (χ0v) is 20.3. The van der Waals surface area contributed by atoms with Crippen LogP contribution in [0.4, 0.5) is 18.9 Å². The van der Waals surface area contributed by atoms with Crippen molar-refractivity contribution in [3.63, 3.8) is 0 Å². The standard InChI is InChI=1S/C24H27F3N4O4S/c1-15-4-6-19-16(10-15)11-20(30-19)18-12-17(5-7-21(18)31-8-2-3-9-31)36(34,35)29-14-23(33)28-13-22(32)24(25,26)27/h4-7,10-12,22,29-30,32H,2-3,8-9,13-14H2,1H3,(H,28,33)/t22-/m0/s1. The van der Waals surface area contributed by atoms with Crippen LogP contribution >= 0.6 is 0 Å². The quantitative estimate of drug-likeness (QED) is 0.362. The summed E-state index contributed by atoms with van der Waals surface area (Å²) in [7, 11) is -4.16. The van der Waals surface area contributed by atoms with E-state index in [2.05, 4.69) is 14.6 Å². The Hall–Kier alpha value is -3.09. The second-order valence-corrected chi connectivity index (χ2v) is 10.6. The molecule has 3 aromatic rings. The van der Waals surface area contributed by atoms with Gasteiger partial charge in [-0.05, 0) is 56.2 Å². The van der Waals surface area contributed by atoms with Crippen molar-refractivity contribution in [1.29, 1.82) is 0 Å². The number of benzene rings is 2. The Morgan fingerprint density at radius 2 is 1.86 bits per heavy atom. The maximum Gasteiger partial charge on any atom is 0.416 e. The van der Waals surface area contributed by atoms with E-state index in [0.717, 1.165) is 53.8 Å². The first-order valence-corrected chi connectivity index (χ1v) is 12.9. The summed E-state index contributed by atoms with van der Waals surface area (Å²) in [5, 5.41) is 11.8. The number of aliphatic hydroxyl groups is 1. The van der Waals surface area contributed by atoms with Crippen LogP contribution < -0.4 is 14.9 Å². The van der Waals surface area contributed by atoms with Gasteiger partial charge in [0.2, 0.25) is 15.9 Å². The third kappa shape index (κ3) is 5.82. The van der Waals surface area contributed by atoms with Crippen LogP contribution in [-0.4, -0.2) is 62.9 Å². The number of aromatic nitrogens is 1. The smallest absolute Gasteiger partial charge is 0.382 e. The third-order valence-corrected chi connectivity index (χ3v) is 7.48. The molecular weight excluding hydrogens is 497 g/mol. The van der Waals surface area contributed by atoms with Crippen molar-refractivity contribution in [2.45, 2.75) is 36.9 Å². The van der Waals surface area contributed by atoms with E-state index in [1.54, 1.807) is 6.07 Å². The fraction of sp³-hybridized carbons (Fsp3) is 0.375. The van der Waals surface area contributed by atoms with Gasteiger partial charge in [0.1, 0.15) is 0 Å². The van der Waals surface area contributed by atoms with Gasteiger partial charge in [0, 0.05) is 40.9 Å².